The Morgan fingerprint density at radius 1 is 1.25 bits per heavy atom. The van der Waals surface area contributed by atoms with Gasteiger partial charge < -0.3 is 14.6 Å². The molecule has 0 saturated heterocycles. The fourth-order valence-corrected chi connectivity index (χ4v) is 1.45. The van der Waals surface area contributed by atoms with Crippen molar-refractivity contribution in [3.63, 3.8) is 0 Å². The molecule has 2 rings (SSSR count). The van der Waals surface area contributed by atoms with E-state index in [1.54, 1.807) is 24.3 Å². The first-order valence-electron chi connectivity index (χ1n) is 5.98. The van der Waals surface area contributed by atoms with E-state index >= 15 is 0 Å². The second kappa shape index (κ2) is 6.64. The Balaban J connectivity index is 2.24. The third-order valence-electron chi connectivity index (χ3n) is 2.29. The SMILES string of the molecule is CCOc1nc(NN)nc(Oc2cccc(CO)c2)n1. The van der Waals surface area contributed by atoms with Gasteiger partial charge in [0.1, 0.15) is 5.75 Å². The van der Waals surface area contributed by atoms with E-state index in [1.807, 2.05) is 6.92 Å². The van der Waals surface area contributed by atoms with Gasteiger partial charge in [-0.25, -0.2) is 5.84 Å². The van der Waals surface area contributed by atoms with E-state index in [1.165, 1.54) is 0 Å². The Kier molecular flexibility index (Phi) is 4.64. The molecule has 1 heterocycles. The number of anilines is 1. The molecule has 0 bridgehead atoms. The van der Waals surface area contributed by atoms with Gasteiger partial charge in [-0.3, -0.25) is 5.43 Å². The molecule has 2 aromatic rings. The highest BCUT2D eigenvalue weighted by molar-refractivity contribution is 5.32. The van der Waals surface area contributed by atoms with E-state index in [0.29, 0.717) is 12.4 Å². The number of nitrogens with zero attached hydrogens (tertiary/aromatic N) is 3. The molecule has 0 aliphatic heterocycles. The normalized spacial score (nSPS) is 10.2. The molecule has 0 aliphatic rings. The summed E-state index contributed by atoms with van der Waals surface area (Å²) in [5, 5.41) is 9.08. The molecule has 0 fully saturated rings. The number of hydrogen-bond donors (Lipinski definition) is 3. The molecule has 0 radical (unpaired) electrons. The van der Waals surface area contributed by atoms with Crippen LogP contribution in [0.4, 0.5) is 5.95 Å². The van der Waals surface area contributed by atoms with Gasteiger partial charge in [0.2, 0.25) is 5.95 Å². The van der Waals surface area contributed by atoms with Crippen LogP contribution in [-0.2, 0) is 6.61 Å². The van der Waals surface area contributed by atoms with Crippen molar-refractivity contribution in [2.24, 2.45) is 5.84 Å². The molecule has 0 spiro atoms. The molecule has 8 heteroatoms. The van der Waals surface area contributed by atoms with Crippen LogP contribution in [0.25, 0.3) is 0 Å². The predicted octanol–water partition coefficient (Wildman–Crippen LogP) is 0.840. The second-order valence-electron chi connectivity index (χ2n) is 3.71. The van der Waals surface area contributed by atoms with Crippen molar-refractivity contribution in [3.05, 3.63) is 29.8 Å². The minimum Gasteiger partial charge on any atom is -0.464 e. The summed E-state index contributed by atoms with van der Waals surface area (Å²) in [4.78, 5) is 11.9. The number of hydrogen-bond acceptors (Lipinski definition) is 8. The summed E-state index contributed by atoms with van der Waals surface area (Å²) < 4.78 is 10.7. The highest BCUT2D eigenvalue weighted by atomic mass is 16.5. The van der Waals surface area contributed by atoms with Crippen LogP contribution in [0.2, 0.25) is 0 Å². The van der Waals surface area contributed by atoms with Gasteiger partial charge in [-0.05, 0) is 24.6 Å². The molecule has 1 aromatic heterocycles. The molecule has 4 N–H and O–H groups in total. The molecule has 0 atom stereocenters. The van der Waals surface area contributed by atoms with Gasteiger partial charge >= 0.3 is 12.0 Å². The van der Waals surface area contributed by atoms with Crippen LogP contribution < -0.4 is 20.7 Å². The van der Waals surface area contributed by atoms with Gasteiger partial charge in [0, 0.05) is 0 Å². The Morgan fingerprint density at radius 3 is 2.75 bits per heavy atom. The first-order chi connectivity index (χ1) is 9.75. The predicted molar refractivity (Wildman–Crippen MR) is 71.2 cm³/mol. The Hall–Kier alpha value is -2.45. The van der Waals surface area contributed by atoms with E-state index in [9.17, 15) is 0 Å². The lowest BCUT2D eigenvalue weighted by molar-refractivity contribution is 0.281. The largest absolute Gasteiger partial charge is 0.464 e. The topological polar surface area (TPSA) is 115 Å². The monoisotopic (exact) mass is 277 g/mol. The van der Waals surface area contributed by atoms with Gasteiger partial charge in [0.15, 0.2) is 0 Å². The van der Waals surface area contributed by atoms with E-state index in [-0.39, 0.29) is 24.6 Å². The molecule has 0 saturated carbocycles. The quantitative estimate of drug-likeness (QED) is 0.525. The molecule has 1 aromatic carbocycles. The van der Waals surface area contributed by atoms with Gasteiger partial charge in [0.05, 0.1) is 13.2 Å². The first-order valence-corrected chi connectivity index (χ1v) is 5.98. The van der Waals surface area contributed by atoms with Crippen LogP contribution in [-0.4, -0.2) is 26.7 Å². The van der Waals surface area contributed by atoms with Gasteiger partial charge in [-0.2, -0.15) is 9.97 Å². The lowest BCUT2D eigenvalue weighted by Gasteiger charge is -2.08. The highest BCUT2D eigenvalue weighted by Gasteiger charge is 2.09. The molecule has 0 unspecified atom stereocenters. The maximum absolute atomic E-state index is 9.08. The van der Waals surface area contributed by atoms with Crippen molar-refractivity contribution >= 4 is 5.95 Å². The standard InChI is InChI=1S/C12H15N5O3/c1-2-19-11-14-10(17-13)15-12(16-11)20-9-5-3-4-8(6-9)7-18/h3-6,18H,2,7,13H2,1H3,(H,14,15,16,17). The Morgan fingerprint density at radius 2 is 2.05 bits per heavy atom. The van der Waals surface area contributed by atoms with E-state index in [2.05, 4.69) is 20.4 Å². The summed E-state index contributed by atoms with van der Waals surface area (Å²) >= 11 is 0. The van der Waals surface area contributed by atoms with Crippen molar-refractivity contribution in [1.82, 2.24) is 15.0 Å². The number of hydrazine groups is 1. The number of nitrogens with two attached hydrogens (primary N) is 1. The van der Waals surface area contributed by atoms with Crippen molar-refractivity contribution in [2.75, 3.05) is 12.0 Å². The van der Waals surface area contributed by atoms with Gasteiger partial charge in [-0.1, -0.05) is 12.1 Å². The van der Waals surface area contributed by atoms with Crippen molar-refractivity contribution in [1.29, 1.82) is 0 Å². The average molecular weight is 277 g/mol. The van der Waals surface area contributed by atoms with Crippen molar-refractivity contribution in [3.8, 4) is 17.8 Å². The average Bonchev–Trinajstić information content (AvgIpc) is 2.47. The fourth-order valence-electron chi connectivity index (χ4n) is 1.45. The minimum absolute atomic E-state index is 0.0477. The summed E-state index contributed by atoms with van der Waals surface area (Å²) in [5.41, 5.74) is 3.03. The summed E-state index contributed by atoms with van der Waals surface area (Å²) in [5.74, 6) is 5.91. The summed E-state index contributed by atoms with van der Waals surface area (Å²) in [7, 11) is 0. The summed E-state index contributed by atoms with van der Waals surface area (Å²) in [6.07, 6.45) is 0. The van der Waals surface area contributed by atoms with Crippen LogP contribution in [0.3, 0.4) is 0 Å². The second-order valence-corrected chi connectivity index (χ2v) is 3.71. The number of nitrogens with one attached hydrogen (secondary N) is 1. The third-order valence-corrected chi connectivity index (χ3v) is 2.29. The van der Waals surface area contributed by atoms with Crippen LogP contribution >= 0.6 is 0 Å². The van der Waals surface area contributed by atoms with E-state index < -0.39 is 0 Å². The number of ether oxygens (including phenoxy) is 2. The molecule has 0 amide bonds. The molecule has 20 heavy (non-hydrogen) atoms. The maximum Gasteiger partial charge on any atom is 0.330 e. The Bertz CT molecular complexity index is 579. The smallest absolute Gasteiger partial charge is 0.330 e. The zero-order valence-corrected chi connectivity index (χ0v) is 10.9. The summed E-state index contributed by atoms with van der Waals surface area (Å²) in [6.45, 7) is 2.15. The number of nitrogen functional groups attached to an aromatic ring is 1. The molecule has 106 valence electrons. The lowest BCUT2D eigenvalue weighted by atomic mass is 10.2. The number of aromatic nitrogens is 3. The van der Waals surface area contributed by atoms with Crippen LogP contribution in [0.5, 0.6) is 17.8 Å². The van der Waals surface area contributed by atoms with Crippen LogP contribution in [0.1, 0.15) is 12.5 Å². The molecular formula is C12H15N5O3. The van der Waals surface area contributed by atoms with Crippen LogP contribution in [0, 0.1) is 0 Å². The number of aliphatic hydroxyl groups excluding tert-OH is 1. The number of rotatable bonds is 6. The van der Waals surface area contributed by atoms with Crippen LogP contribution in [0.15, 0.2) is 24.3 Å². The highest BCUT2D eigenvalue weighted by Crippen LogP contribution is 2.21. The first kappa shape index (κ1) is 14.0. The molecule has 0 aliphatic carbocycles. The van der Waals surface area contributed by atoms with Gasteiger partial charge in [0.25, 0.3) is 0 Å². The van der Waals surface area contributed by atoms with E-state index in [4.69, 9.17) is 20.4 Å². The van der Waals surface area contributed by atoms with E-state index in [0.717, 1.165) is 5.56 Å². The van der Waals surface area contributed by atoms with Gasteiger partial charge in [-0.15, -0.1) is 4.98 Å². The number of benzene rings is 1. The van der Waals surface area contributed by atoms with Crippen molar-refractivity contribution in [2.45, 2.75) is 13.5 Å². The Labute approximate surface area is 115 Å². The zero-order valence-electron chi connectivity index (χ0n) is 10.9. The molecular weight excluding hydrogens is 262 g/mol. The summed E-state index contributed by atoms with van der Waals surface area (Å²) in [6, 6.07) is 7.10. The zero-order chi connectivity index (χ0) is 14.4. The molecule has 8 nitrogen and oxygen atoms in total. The lowest BCUT2D eigenvalue weighted by Crippen LogP contribution is -2.12. The minimum atomic E-state index is -0.0752. The fraction of sp³-hybridized carbons (Fsp3) is 0.250. The number of aliphatic hydroxyl groups is 1. The van der Waals surface area contributed by atoms with Crippen molar-refractivity contribution < 1.29 is 14.6 Å². The third kappa shape index (κ3) is 3.53. The maximum atomic E-state index is 9.08.